The Balaban J connectivity index is 1.85. The highest BCUT2D eigenvalue weighted by Gasteiger charge is 2.18. The number of amides is 1. The van der Waals surface area contributed by atoms with E-state index in [9.17, 15) is 9.18 Å². The van der Waals surface area contributed by atoms with Gasteiger partial charge in [0.05, 0.1) is 23.3 Å². The molecule has 0 spiro atoms. The zero-order chi connectivity index (χ0) is 14.8. The summed E-state index contributed by atoms with van der Waals surface area (Å²) in [5.74, 6) is -0.761. The molecule has 0 aliphatic heterocycles. The minimum Gasteiger partial charge on any atom is -0.397 e. The molecule has 3 aromatic rings. The number of fused-ring (bicyclic) bond motifs is 1. The molecule has 0 fully saturated rings. The van der Waals surface area contributed by atoms with Crippen LogP contribution in [0.1, 0.15) is 15.4 Å². The molecule has 0 saturated heterocycles. The largest absolute Gasteiger partial charge is 0.397 e. The second-order valence-corrected chi connectivity index (χ2v) is 5.39. The van der Waals surface area contributed by atoms with Crippen LogP contribution >= 0.6 is 11.3 Å². The van der Waals surface area contributed by atoms with E-state index in [1.54, 1.807) is 24.4 Å². The number of benzene rings is 1. The minimum atomic E-state index is -0.420. The molecule has 0 bridgehead atoms. The quantitative estimate of drug-likeness (QED) is 0.778. The van der Waals surface area contributed by atoms with Crippen molar-refractivity contribution in [3.63, 3.8) is 0 Å². The first-order valence-electron chi connectivity index (χ1n) is 6.16. The number of halogens is 1. The van der Waals surface area contributed by atoms with Gasteiger partial charge in [-0.3, -0.25) is 4.79 Å². The molecule has 106 valence electrons. The third-order valence-corrected chi connectivity index (χ3v) is 4.15. The lowest BCUT2D eigenvalue weighted by Gasteiger charge is -2.03. The van der Waals surface area contributed by atoms with E-state index in [-0.39, 0.29) is 18.1 Å². The first-order valence-corrected chi connectivity index (χ1v) is 6.98. The van der Waals surface area contributed by atoms with Crippen molar-refractivity contribution in [2.75, 3.05) is 5.73 Å². The predicted octanol–water partition coefficient (Wildman–Crippen LogP) is 2.34. The fourth-order valence-electron chi connectivity index (χ4n) is 1.97. The van der Waals surface area contributed by atoms with Gasteiger partial charge in [0.25, 0.3) is 5.91 Å². The molecule has 5 nitrogen and oxygen atoms in total. The summed E-state index contributed by atoms with van der Waals surface area (Å²) < 4.78 is 14.4. The van der Waals surface area contributed by atoms with Crippen molar-refractivity contribution in [2.45, 2.75) is 6.54 Å². The fourth-order valence-corrected chi connectivity index (χ4v) is 3.02. The van der Waals surface area contributed by atoms with Crippen LogP contribution in [0.25, 0.3) is 10.1 Å². The molecule has 3 rings (SSSR count). The van der Waals surface area contributed by atoms with Crippen LogP contribution < -0.4 is 11.1 Å². The highest BCUT2D eigenvalue weighted by molar-refractivity contribution is 7.21. The molecule has 1 aromatic carbocycles. The van der Waals surface area contributed by atoms with Crippen LogP contribution in [0, 0.1) is 5.82 Å². The van der Waals surface area contributed by atoms with Gasteiger partial charge in [-0.15, -0.1) is 11.3 Å². The number of anilines is 1. The molecule has 0 unspecified atom stereocenters. The Bertz CT molecular complexity index is 803. The summed E-state index contributed by atoms with van der Waals surface area (Å²) >= 11 is 1.17. The summed E-state index contributed by atoms with van der Waals surface area (Å²) in [5.41, 5.74) is 6.75. The van der Waals surface area contributed by atoms with Gasteiger partial charge in [0.15, 0.2) is 0 Å². The third kappa shape index (κ3) is 2.55. The van der Waals surface area contributed by atoms with Crippen LogP contribution in [0.4, 0.5) is 10.1 Å². The normalized spacial score (nSPS) is 10.7. The van der Waals surface area contributed by atoms with Crippen molar-refractivity contribution in [3.8, 4) is 0 Å². The zero-order valence-corrected chi connectivity index (χ0v) is 11.7. The summed E-state index contributed by atoms with van der Waals surface area (Å²) in [5, 5.41) is 3.02. The smallest absolute Gasteiger partial charge is 0.263 e. The average Bonchev–Trinajstić information content (AvgIpc) is 2.84. The van der Waals surface area contributed by atoms with Crippen LogP contribution in [0.2, 0.25) is 0 Å². The summed E-state index contributed by atoms with van der Waals surface area (Å²) in [6.07, 6.45) is 3.00. The number of nitrogens with two attached hydrogens (primary N) is 1. The fraction of sp³-hybridized carbons (Fsp3) is 0.0714. The van der Waals surface area contributed by atoms with Gasteiger partial charge in [-0.05, 0) is 18.2 Å². The summed E-state index contributed by atoms with van der Waals surface area (Å²) in [4.78, 5) is 20.3. The molecule has 2 heterocycles. The SMILES string of the molecule is Nc1c(C(=O)NCc2ccncn2)sc2cccc(F)c12. The van der Waals surface area contributed by atoms with Crippen molar-refractivity contribution in [1.82, 2.24) is 15.3 Å². The van der Waals surface area contributed by atoms with E-state index in [1.165, 1.54) is 23.7 Å². The van der Waals surface area contributed by atoms with Gasteiger partial charge in [0.1, 0.15) is 17.0 Å². The van der Waals surface area contributed by atoms with E-state index >= 15 is 0 Å². The number of carbonyl (C=O) groups excluding carboxylic acids is 1. The van der Waals surface area contributed by atoms with Gasteiger partial charge in [-0.2, -0.15) is 0 Å². The number of hydrogen-bond acceptors (Lipinski definition) is 5. The summed E-state index contributed by atoms with van der Waals surface area (Å²) in [6.45, 7) is 0.261. The molecule has 1 amide bonds. The van der Waals surface area contributed by atoms with E-state index in [0.29, 0.717) is 20.7 Å². The molecule has 0 radical (unpaired) electrons. The van der Waals surface area contributed by atoms with Crippen molar-refractivity contribution in [3.05, 3.63) is 53.2 Å². The van der Waals surface area contributed by atoms with E-state index < -0.39 is 5.82 Å². The van der Waals surface area contributed by atoms with Gasteiger partial charge in [0.2, 0.25) is 0 Å². The number of rotatable bonds is 3. The molecule has 2 aromatic heterocycles. The molecule has 0 atom stereocenters. The molecular weight excluding hydrogens is 291 g/mol. The Morgan fingerprint density at radius 1 is 1.38 bits per heavy atom. The Morgan fingerprint density at radius 3 is 2.95 bits per heavy atom. The lowest BCUT2D eigenvalue weighted by molar-refractivity contribution is 0.0955. The molecule has 21 heavy (non-hydrogen) atoms. The van der Waals surface area contributed by atoms with Gasteiger partial charge in [-0.1, -0.05) is 6.07 Å². The number of aromatic nitrogens is 2. The molecule has 0 aliphatic rings. The third-order valence-electron chi connectivity index (χ3n) is 2.98. The predicted molar refractivity (Wildman–Crippen MR) is 79.4 cm³/mol. The van der Waals surface area contributed by atoms with Crippen LogP contribution in [0.5, 0.6) is 0 Å². The minimum absolute atomic E-state index is 0.174. The lowest BCUT2D eigenvalue weighted by Crippen LogP contribution is -2.23. The molecule has 7 heteroatoms. The van der Waals surface area contributed by atoms with Gasteiger partial charge in [0, 0.05) is 10.9 Å². The van der Waals surface area contributed by atoms with Crippen LogP contribution in [0.15, 0.2) is 36.8 Å². The van der Waals surface area contributed by atoms with E-state index in [4.69, 9.17) is 5.73 Å². The van der Waals surface area contributed by atoms with E-state index in [0.717, 1.165) is 0 Å². The van der Waals surface area contributed by atoms with Crippen LogP contribution in [-0.2, 0) is 6.54 Å². The van der Waals surface area contributed by atoms with Crippen LogP contribution in [-0.4, -0.2) is 15.9 Å². The summed E-state index contributed by atoms with van der Waals surface area (Å²) in [7, 11) is 0. The number of nitrogens with one attached hydrogen (secondary N) is 1. The summed E-state index contributed by atoms with van der Waals surface area (Å²) in [6, 6.07) is 6.36. The average molecular weight is 302 g/mol. The highest BCUT2D eigenvalue weighted by Crippen LogP contribution is 2.35. The second-order valence-electron chi connectivity index (χ2n) is 4.34. The second kappa shape index (κ2) is 5.45. The number of thiophene rings is 1. The zero-order valence-electron chi connectivity index (χ0n) is 10.8. The Labute approximate surface area is 123 Å². The van der Waals surface area contributed by atoms with E-state index in [2.05, 4.69) is 15.3 Å². The molecule has 3 N–H and O–H groups in total. The van der Waals surface area contributed by atoms with Crippen molar-refractivity contribution in [1.29, 1.82) is 0 Å². The van der Waals surface area contributed by atoms with Gasteiger partial charge in [-0.25, -0.2) is 14.4 Å². The van der Waals surface area contributed by atoms with Crippen molar-refractivity contribution >= 4 is 33.0 Å². The van der Waals surface area contributed by atoms with Crippen LogP contribution in [0.3, 0.4) is 0 Å². The van der Waals surface area contributed by atoms with Gasteiger partial charge < -0.3 is 11.1 Å². The van der Waals surface area contributed by atoms with E-state index in [1.807, 2.05) is 0 Å². The number of hydrogen-bond donors (Lipinski definition) is 2. The highest BCUT2D eigenvalue weighted by atomic mass is 32.1. The topological polar surface area (TPSA) is 80.9 Å². The standard InChI is InChI=1S/C14H11FN4OS/c15-9-2-1-3-10-11(9)12(16)13(21-10)14(20)18-6-8-4-5-17-7-19-8/h1-5,7H,6,16H2,(H,18,20). The number of nitrogen functional groups attached to an aromatic ring is 1. The van der Waals surface area contributed by atoms with Gasteiger partial charge >= 0.3 is 0 Å². The Kier molecular flexibility index (Phi) is 3.49. The van der Waals surface area contributed by atoms with Crippen molar-refractivity contribution in [2.24, 2.45) is 0 Å². The maximum Gasteiger partial charge on any atom is 0.263 e. The number of nitrogens with zero attached hydrogens (tertiary/aromatic N) is 2. The van der Waals surface area contributed by atoms with Crippen molar-refractivity contribution < 1.29 is 9.18 Å². The maximum absolute atomic E-state index is 13.8. The lowest BCUT2D eigenvalue weighted by atomic mass is 10.2. The Hall–Kier alpha value is -2.54. The molecule has 0 saturated carbocycles. The maximum atomic E-state index is 13.8. The number of carbonyl (C=O) groups is 1. The monoisotopic (exact) mass is 302 g/mol. The first kappa shape index (κ1) is 13.4. The molecular formula is C14H11FN4OS. The Morgan fingerprint density at radius 2 is 2.24 bits per heavy atom. The first-order chi connectivity index (χ1) is 10.2. The molecule has 0 aliphatic carbocycles.